The number of para-hydroxylation sites is 1. The second-order valence-corrected chi connectivity index (χ2v) is 5.23. The van der Waals surface area contributed by atoms with Crippen LogP contribution in [0.4, 0.5) is 30.2 Å². The largest absolute Gasteiger partial charge is 0.507 e. The van der Waals surface area contributed by atoms with Gasteiger partial charge < -0.3 is 5.11 Å². The van der Waals surface area contributed by atoms with Gasteiger partial charge in [0.15, 0.2) is 0 Å². The van der Waals surface area contributed by atoms with E-state index in [2.05, 4.69) is 10.5 Å². The molecule has 0 saturated heterocycles. The Kier molecular flexibility index (Phi) is 5.28. The molecule has 2 aromatic rings. The number of nitro groups is 2. The number of halogens is 3. The lowest BCUT2D eigenvalue weighted by atomic mass is 10.1. The van der Waals surface area contributed by atoms with Crippen LogP contribution in [0.1, 0.15) is 18.1 Å². The Bertz CT molecular complexity index is 908. The molecule has 2 aromatic carbocycles. The molecule has 142 valence electrons. The minimum Gasteiger partial charge on any atom is -0.507 e. The van der Waals surface area contributed by atoms with Crippen LogP contribution < -0.4 is 5.43 Å². The Labute approximate surface area is 149 Å². The molecule has 0 spiro atoms. The van der Waals surface area contributed by atoms with E-state index in [-0.39, 0.29) is 29.2 Å². The number of nitro benzene ring substituents is 2. The zero-order chi connectivity index (χ0) is 20.4. The molecule has 2 rings (SSSR count). The molecule has 2 N–H and O–H groups in total. The van der Waals surface area contributed by atoms with Crippen LogP contribution in [0.5, 0.6) is 5.75 Å². The fourth-order valence-corrected chi connectivity index (χ4v) is 2.16. The topological polar surface area (TPSA) is 131 Å². The van der Waals surface area contributed by atoms with E-state index >= 15 is 0 Å². The molecular formula is C15H11F3N4O5. The monoisotopic (exact) mass is 384 g/mol. The Hall–Kier alpha value is -3.70. The van der Waals surface area contributed by atoms with E-state index in [1.807, 2.05) is 0 Å². The standard InChI is InChI=1S/C15H11F3N4O5/c1-8(10-4-2-3-5-13(10)23)19-20-14-11(21(24)25)6-9(15(16,17)18)7-12(14)22(26)27/h2-7,20,23H,1H3/b19-8+. The van der Waals surface area contributed by atoms with Crippen molar-refractivity contribution in [2.45, 2.75) is 13.1 Å². The Balaban J connectivity index is 2.58. The van der Waals surface area contributed by atoms with Gasteiger partial charge >= 0.3 is 17.6 Å². The number of hydrogen-bond donors (Lipinski definition) is 2. The summed E-state index contributed by atoms with van der Waals surface area (Å²) in [6, 6.07) is 6.27. The highest BCUT2D eigenvalue weighted by molar-refractivity contribution is 6.01. The molecule has 0 fully saturated rings. The fraction of sp³-hybridized carbons (Fsp3) is 0.133. The molecule has 0 aliphatic heterocycles. The van der Waals surface area contributed by atoms with E-state index in [9.17, 15) is 38.5 Å². The van der Waals surface area contributed by atoms with Gasteiger partial charge in [-0.05, 0) is 19.1 Å². The Morgan fingerprint density at radius 1 is 1.11 bits per heavy atom. The van der Waals surface area contributed by atoms with Crippen molar-refractivity contribution in [3.8, 4) is 5.75 Å². The number of nitrogens with zero attached hydrogens (tertiary/aromatic N) is 3. The lowest BCUT2D eigenvalue weighted by Gasteiger charge is -2.10. The zero-order valence-electron chi connectivity index (χ0n) is 13.5. The maximum Gasteiger partial charge on any atom is 0.416 e. The number of alkyl halides is 3. The number of phenolic OH excluding ortho intramolecular Hbond substituents is 1. The summed E-state index contributed by atoms with van der Waals surface area (Å²) < 4.78 is 38.6. The fourth-order valence-electron chi connectivity index (χ4n) is 2.16. The van der Waals surface area contributed by atoms with E-state index in [4.69, 9.17) is 0 Å². The van der Waals surface area contributed by atoms with Crippen molar-refractivity contribution in [2.24, 2.45) is 5.10 Å². The van der Waals surface area contributed by atoms with E-state index in [1.165, 1.54) is 25.1 Å². The van der Waals surface area contributed by atoms with Gasteiger partial charge in [-0.25, -0.2) is 0 Å². The molecule has 0 aliphatic rings. The third kappa shape index (κ3) is 4.29. The van der Waals surface area contributed by atoms with Crippen LogP contribution in [0.25, 0.3) is 0 Å². The normalized spacial score (nSPS) is 11.9. The number of aromatic hydroxyl groups is 1. The molecular weight excluding hydrogens is 373 g/mol. The van der Waals surface area contributed by atoms with Crippen LogP contribution in [0.3, 0.4) is 0 Å². The van der Waals surface area contributed by atoms with Crippen LogP contribution >= 0.6 is 0 Å². The molecule has 9 nitrogen and oxygen atoms in total. The molecule has 0 radical (unpaired) electrons. The SMILES string of the molecule is C/C(=N\Nc1c([N+](=O)[O-])cc(C(F)(F)F)cc1[N+](=O)[O-])c1ccccc1O. The van der Waals surface area contributed by atoms with Crippen molar-refractivity contribution < 1.29 is 28.1 Å². The molecule has 0 bridgehead atoms. The summed E-state index contributed by atoms with van der Waals surface area (Å²) in [6.07, 6.45) is -5.01. The highest BCUT2D eigenvalue weighted by atomic mass is 19.4. The number of benzene rings is 2. The summed E-state index contributed by atoms with van der Waals surface area (Å²) in [5.41, 5.74) is -2.28. The van der Waals surface area contributed by atoms with Gasteiger partial charge in [-0.15, -0.1) is 0 Å². The molecule has 27 heavy (non-hydrogen) atoms. The number of phenols is 1. The van der Waals surface area contributed by atoms with E-state index in [1.54, 1.807) is 6.07 Å². The third-order valence-electron chi connectivity index (χ3n) is 3.45. The average molecular weight is 384 g/mol. The molecule has 0 unspecified atom stereocenters. The van der Waals surface area contributed by atoms with Gasteiger partial charge in [0.05, 0.1) is 21.1 Å². The van der Waals surface area contributed by atoms with Crippen LogP contribution in [-0.4, -0.2) is 20.7 Å². The minimum atomic E-state index is -5.01. The summed E-state index contributed by atoms with van der Waals surface area (Å²) in [7, 11) is 0. The molecule has 0 aromatic heterocycles. The van der Waals surface area contributed by atoms with Crippen LogP contribution in [0.15, 0.2) is 41.5 Å². The number of hydrazone groups is 1. The van der Waals surface area contributed by atoms with Crippen molar-refractivity contribution in [1.82, 2.24) is 0 Å². The van der Waals surface area contributed by atoms with E-state index in [0.29, 0.717) is 0 Å². The summed E-state index contributed by atoms with van der Waals surface area (Å²) >= 11 is 0. The molecule has 0 aliphatic carbocycles. The van der Waals surface area contributed by atoms with Crippen molar-refractivity contribution in [2.75, 3.05) is 5.43 Å². The van der Waals surface area contributed by atoms with E-state index in [0.717, 1.165) is 0 Å². The summed E-state index contributed by atoms with van der Waals surface area (Å²) in [5.74, 6) is -0.169. The van der Waals surface area contributed by atoms with Crippen LogP contribution in [0.2, 0.25) is 0 Å². The molecule has 0 saturated carbocycles. The molecule has 0 amide bonds. The third-order valence-corrected chi connectivity index (χ3v) is 3.45. The Morgan fingerprint density at radius 2 is 1.63 bits per heavy atom. The number of anilines is 1. The predicted octanol–water partition coefficient (Wildman–Crippen LogP) is 4.06. The van der Waals surface area contributed by atoms with Crippen LogP contribution in [0, 0.1) is 20.2 Å². The summed E-state index contributed by atoms with van der Waals surface area (Å²) in [4.78, 5) is 19.9. The average Bonchev–Trinajstić information content (AvgIpc) is 2.58. The van der Waals surface area contributed by atoms with Gasteiger partial charge in [0, 0.05) is 17.7 Å². The lowest BCUT2D eigenvalue weighted by Crippen LogP contribution is -2.10. The van der Waals surface area contributed by atoms with E-state index < -0.39 is 38.6 Å². The second-order valence-electron chi connectivity index (χ2n) is 5.23. The maximum absolute atomic E-state index is 12.9. The van der Waals surface area contributed by atoms with Gasteiger partial charge in [-0.3, -0.25) is 25.7 Å². The number of rotatable bonds is 5. The van der Waals surface area contributed by atoms with Gasteiger partial charge in [-0.2, -0.15) is 18.3 Å². The maximum atomic E-state index is 12.9. The van der Waals surface area contributed by atoms with Crippen LogP contribution in [-0.2, 0) is 6.18 Å². The number of nitrogens with one attached hydrogen (secondary N) is 1. The van der Waals surface area contributed by atoms with Gasteiger partial charge in [0.1, 0.15) is 5.75 Å². The molecule has 12 heteroatoms. The first kappa shape index (κ1) is 19.6. The highest BCUT2D eigenvalue weighted by Crippen LogP contribution is 2.41. The first-order chi connectivity index (χ1) is 12.5. The van der Waals surface area contributed by atoms with Crippen molar-refractivity contribution in [3.05, 3.63) is 67.8 Å². The highest BCUT2D eigenvalue weighted by Gasteiger charge is 2.37. The van der Waals surface area contributed by atoms with Gasteiger partial charge in [0.25, 0.3) is 0 Å². The second kappa shape index (κ2) is 7.27. The smallest absolute Gasteiger partial charge is 0.416 e. The zero-order valence-corrected chi connectivity index (χ0v) is 13.5. The summed E-state index contributed by atoms with van der Waals surface area (Å²) in [6.45, 7) is 1.39. The Morgan fingerprint density at radius 3 is 2.07 bits per heavy atom. The summed E-state index contributed by atoms with van der Waals surface area (Å²) in [5, 5.41) is 35.7. The first-order valence-electron chi connectivity index (χ1n) is 7.15. The minimum absolute atomic E-state index is 0.0941. The van der Waals surface area contributed by atoms with Gasteiger partial charge in [-0.1, -0.05) is 12.1 Å². The van der Waals surface area contributed by atoms with Crippen molar-refractivity contribution >= 4 is 22.8 Å². The lowest BCUT2D eigenvalue weighted by molar-refractivity contribution is -0.392. The number of hydrogen-bond acceptors (Lipinski definition) is 7. The molecule has 0 heterocycles. The quantitative estimate of drug-likeness (QED) is 0.454. The van der Waals surface area contributed by atoms with Crippen molar-refractivity contribution in [1.29, 1.82) is 0 Å². The first-order valence-corrected chi connectivity index (χ1v) is 7.15. The van der Waals surface area contributed by atoms with Gasteiger partial charge in [0.2, 0.25) is 5.69 Å². The molecule has 0 atom stereocenters. The predicted molar refractivity (Wildman–Crippen MR) is 88.7 cm³/mol. The van der Waals surface area contributed by atoms with Crippen molar-refractivity contribution in [3.63, 3.8) is 0 Å².